The number of aliphatic carboxylic acids is 1. The van der Waals surface area contributed by atoms with Crippen molar-refractivity contribution in [2.24, 2.45) is 0 Å². The molecule has 0 radical (unpaired) electrons. The molecule has 0 aliphatic heterocycles. The molecule has 0 unspecified atom stereocenters. The molecule has 3 aromatic carbocycles. The highest BCUT2D eigenvalue weighted by Gasteiger charge is 2.47. The van der Waals surface area contributed by atoms with Gasteiger partial charge in [-0.3, -0.25) is 5.32 Å². The zero-order valence-corrected chi connectivity index (χ0v) is 21.1. The Labute approximate surface area is 220 Å². The molecule has 5 rings (SSSR count). The molecule has 1 heterocycles. The molecule has 38 heavy (non-hydrogen) atoms. The van der Waals surface area contributed by atoms with Crippen LogP contribution in [0.25, 0.3) is 22.5 Å². The molecule has 2 N–H and O–H groups in total. The number of carboxylic acid groups (broad SMARTS) is 1. The van der Waals surface area contributed by atoms with Crippen molar-refractivity contribution in [3.8, 4) is 28.2 Å². The van der Waals surface area contributed by atoms with E-state index < -0.39 is 23.8 Å². The van der Waals surface area contributed by atoms with E-state index in [1.807, 2.05) is 73.7 Å². The van der Waals surface area contributed by atoms with E-state index in [9.17, 15) is 14.7 Å². The Balaban J connectivity index is 1.27. The number of nitrogens with zero attached hydrogens (tertiary/aromatic N) is 1. The molecule has 1 aliphatic carbocycles. The number of carbonyl (C=O) groups excluding carboxylic acids is 1. The van der Waals surface area contributed by atoms with Crippen LogP contribution < -0.4 is 10.1 Å². The molecule has 0 spiro atoms. The Kier molecular flexibility index (Phi) is 6.87. The fourth-order valence-electron chi connectivity index (χ4n) is 4.41. The van der Waals surface area contributed by atoms with E-state index in [2.05, 4.69) is 10.5 Å². The van der Waals surface area contributed by atoms with Crippen LogP contribution in [0.15, 0.2) is 83.4 Å². The number of hydrogen-bond donors (Lipinski definition) is 2. The molecular formula is C30H28N2O6. The Morgan fingerprint density at radius 2 is 1.55 bits per heavy atom. The predicted molar refractivity (Wildman–Crippen MR) is 142 cm³/mol. The smallest absolute Gasteiger partial charge is 0.412 e. The maximum absolute atomic E-state index is 12.6. The van der Waals surface area contributed by atoms with Gasteiger partial charge in [0.2, 0.25) is 5.60 Å². The van der Waals surface area contributed by atoms with Crippen LogP contribution in [0.5, 0.6) is 5.75 Å². The van der Waals surface area contributed by atoms with Gasteiger partial charge in [-0.05, 0) is 61.9 Å². The quantitative estimate of drug-likeness (QED) is 0.261. The van der Waals surface area contributed by atoms with Gasteiger partial charge in [-0.1, -0.05) is 71.9 Å². The summed E-state index contributed by atoms with van der Waals surface area (Å²) < 4.78 is 16.9. The summed E-state index contributed by atoms with van der Waals surface area (Å²) in [5.74, 6) is 0.0502. The number of carboxylic acids is 1. The molecule has 1 aliphatic rings. The summed E-state index contributed by atoms with van der Waals surface area (Å²) in [6, 6.07) is 24.5. The highest BCUT2D eigenvalue weighted by atomic mass is 16.6. The number of rotatable bonds is 8. The third-order valence-electron chi connectivity index (χ3n) is 6.84. The van der Waals surface area contributed by atoms with E-state index in [1.165, 1.54) is 0 Å². The number of anilines is 1. The number of aryl methyl sites for hydroxylation is 1. The van der Waals surface area contributed by atoms with Crippen molar-refractivity contribution in [1.29, 1.82) is 0 Å². The maximum Gasteiger partial charge on any atom is 0.412 e. The number of hydrogen-bond acceptors (Lipinski definition) is 6. The minimum absolute atomic E-state index is 0.417. The number of nitrogens with one attached hydrogen (secondary N) is 1. The number of aromatic nitrogens is 1. The third-order valence-corrected chi connectivity index (χ3v) is 6.84. The molecule has 194 valence electrons. The Hall–Kier alpha value is -4.59. The van der Waals surface area contributed by atoms with E-state index in [0.717, 1.165) is 28.7 Å². The molecule has 1 fully saturated rings. The van der Waals surface area contributed by atoms with Crippen LogP contribution in [0, 0.1) is 6.92 Å². The van der Waals surface area contributed by atoms with Crippen LogP contribution in [0.3, 0.4) is 0 Å². The van der Waals surface area contributed by atoms with Crippen molar-refractivity contribution in [2.75, 3.05) is 5.32 Å². The van der Waals surface area contributed by atoms with Gasteiger partial charge in [0.15, 0.2) is 5.76 Å². The van der Waals surface area contributed by atoms with Gasteiger partial charge in [-0.15, -0.1) is 0 Å². The van der Waals surface area contributed by atoms with Gasteiger partial charge in [0.1, 0.15) is 23.2 Å². The zero-order chi connectivity index (χ0) is 26.7. The summed E-state index contributed by atoms with van der Waals surface area (Å²) in [5.41, 5.74) is 3.43. The van der Waals surface area contributed by atoms with Gasteiger partial charge >= 0.3 is 12.1 Å². The lowest BCUT2D eigenvalue weighted by Crippen LogP contribution is -2.50. The van der Waals surface area contributed by atoms with Crippen molar-refractivity contribution in [2.45, 2.75) is 44.8 Å². The lowest BCUT2D eigenvalue weighted by Gasteiger charge is -2.37. The topological polar surface area (TPSA) is 111 Å². The zero-order valence-electron chi connectivity index (χ0n) is 21.1. The second-order valence-corrected chi connectivity index (χ2v) is 9.41. The number of benzene rings is 3. The average Bonchev–Trinajstić information content (AvgIpc) is 3.26. The summed E-state index contributed by atoms with van der Waals surface area (Å²) in [6.07, 6.45) is 0.881. The molecule has 1 amide bonds. The van der Waals surface area contributed by atoms with Gasteiger partial charge in [-0.2, -0.15) is 0 Å². The molecule has 8 nitrogen and oxygen atoms in total. The Morgan fingerprint density at radius 1 is 0.947 bits per heavy atom. The minimum atomic E-state index is -1.10. The van der Waals surface area contributed by atoms with Crippen molar-refractivity contribution >= 4 is 17.7 Å². The summed E-state index contributed by atoms with van der Waals surface area (Å²) in [6.45, 7) is 3.56. The highest BCUT2D eigenvalue weighted by Crippen LogP contribution is 2.38. The molecular weight excluding hydrogens is 484 g/mol. The molecule has 0 bridgehead atoms. The van der Waals surface area contributed by atoms with Crippen LogP contribution in [-0.2, 0) is 9.53 Å². The largest absolute Gasteiger partial charge is 0.478 e. The third kappa shape index (κ3) is 5.11. The van der Waals surface area contributed by atoms with Gasteiger partial charge < -0.3 is 19.1 Å². The van der Waals surface area contributed by atoms with Crippen molar-refractivity contribution in [1.82, 2.24) is 5.16 Å². The monoisotopic (exact) mass is 512 g/mol. The second kappa shape index (κ2) is 10.4. The molecule has 1 atom stereocenters. The number of carbonyl (C=O) groups is 2. The maximum atomic E-state index is 12.6. The van der Waals surface area contributed by atoms with Gasteiger partial charge in [0, 0.05) is 5.56 Å². The predicted octanol–water partition coefficient (Wildman–Crippen LogP) is 7.01. The molecule has 1 aromatic heterocycles. The molecule has 8 heteroatoms. The SMILES string of the molecule is Cc1noc(-c2ccc(-c3ccc(OC4(C(=O)O)CCC4)cc3)cc2)c1NC(=O)O[C@H](C)c1ccccc1. The van der Waals surface area contributed by atoms with Crippen LogP contribution >= 0.6 is 0 Å². The van der Waals surface area contributed by atoms with Gasteiger partial charge in [-0.25, -0.2) is 9.59 Å². The van der Waals surface area contributed by atoms with Crippen LogP contribution in [-0.4, -0.2) is 27.9 Å². The van der Waals surface area contributed by atoms with E-state index in [4.69, 9.17) is 14.0 Å². The average molecular weight is 513 g/mol. The van der Waals surface area contributed by atoms with Crippen molar-refractivity contribution in [3.05, 3.63) is 90.1 Å². The summed E-state index contributed by atoms with van der Waals surface area (Å²) >= 11 is 0. The molecule has 1 saturated carbocycles. The molecule has 0 saturated heterocycles. The van der Waals surface area contributed by atoms with E-state index in [0.29, 0.717) is 35.7 Å². The van der Waals surface area contributed by atoms with Crippen LogP contribution in [0.2, 0.25) is 0 Å². The van der Waals surface area contributed by atoms with Crippen LogP contribution in [0.4, 0.5) is 10.5 Å². The van der Waals surface area contributed by atoms with Crippen LogP contribution in [0.1, 0.15) is 43.5 Å². The standard InChI is InChI=1S/C30H28N2O6/c1-19-26(31-29(35)36-20(2)21-7-4-3-5-8-21)27(38-32-19)24-11-9-22(10-12-24)23-13-15-25(16-14-23)37-30(28(33)34)17-6-18-30/h3-5,7-16,20H,6,17-18H2,1-2H3,(H,31,35)(H,33,34)/t20-/m1/s1. The molecule has 4 aromatic rings. The fourth-order valence-corrected chi connectivity index (χ4v) is 4.41. The first-order valence-corrected chi connectivity index (χ1v) is 12.5. The van der Waals surface area contributed by atoms with Crippen molar-refractivity contribution in [3.63, 3.8) is 0 Å². The normalized spacial score (nSPS) is 14.7. The Morgan fingerprint density at radius 3 is 2.13 bits per heavy atom. The lowest BCUT2D eigenvalue weighted by atomic mass is 9.80. The lowest BCUT2D eigenvalue weighted by molar-refractivity contribution is -0.163. The number of ether oxygens (including phenoxy) is 2. The Bertz CT molecular complexity index is 1420. The minimum Gasteiger partial charge on any atom is -0.478 e. The van der Waals surface area contributed by atoms with Gasteiger partial charge in [0.25, 0.3) is 0 Å². The van der Waals surface area contributed by atoms with Crippen molar-refractivity contribution < 1.29 is 28.7 Å². The first-order chi connectivity index (χ1) is 18.3. The second-order valence-electron chi connectivity index (χ2n) is 9.41. The van der Waals surface area contributed by atoms with E-state index in [-0.39, 0.29) is 0 Å². The van der Waals surface area contributed by atoms with E-state index in [1.54, 1.807) is 19.1 Å². The summed E-state index contributed by atoms with van der Waals surface area (Å²) in [5, 5.41) is 16.3. The first-order valence-electron chi connectivity index (χ1n) is 12.5. The first kappa shape index (κ1) is 25.1. The summed E-state index contributed by atoms with van der Waals surface area (Å²) in [7, 11) is 0. The fraction of sp³-hybridized carbons (Fsp3) is 0.233. The highest BCUT2D eigenvalue weighted by molar-refractivity contribution is 5.91. The number of amides is 1. The van der Waals surface area contributed by atoms with Gasteiger partial charge in [0.05, 0.1) is 0 Å². The van der Waals surface area contributed by atoms with E-state index >= 15 is 0 Å². The summed E-state index contributed by atoms with van der Waals surface area (Å²) in [4.78, 5) is 24.2.